The summed E-state index contributed by atoms with van der Waals surface area (Å²) in [5.74, 6) is 0.00138. The third kappa shape index (κ3) is 4.09. The van der Waals surface area contributed by atoms with E-state index in [0.717, 1.165) is 5.56 Å². The molecule has 0 saturated heterocycles. The van der Waals surface area contributed by atoms with Gasteiger partial charge in [0, 0.05) is 23.4 Å². The Kier molecular flexibility index (Phi) is 5.58. The van der Waals surface area contributed by atoms with E-state index in [4.69, 9.17) is 16.0 Å². The lowest BCUT2D eigenvalue weighted by atomic mass is 10.2. The second kappa shape index (κ2) is 8.17. The maximum absolute atomic E-state index is 12.8. The molecule has 4 rings (SSSR count). The molecule has 0 atom stereocenters. The van der Waals surface area contributed by atoms with Crippen molar-refractivity contribution < 1.29 is 12.8 Å². The number of rotatable bonds is 7. The van der Waals surface area contributed by atoms with Gasteiger partial charge in [-0.3, -0.25) is 9.55 Å². The molecular formula is C18H16ClN5O4S2. The molecule has 2 aromatic carbocycles. The van der Waals surface area contributed by atoms with Gasteiger partial charge in [-0.2, -0.15) is 0 Å². The molecule has 0 bridgehead atoms. The maximum Gasteiger partial charge on any atom is 0.417 e. The molecule has 9 nitrogen and oxygen atoms in total. The number of nitrogens with one attached hydrogen (secondary N) is 2. The fourth-order valence-corrected chi connectivity index (χ4v) is 5.09. The van der Waals surface area contributed by atoms with Gasteiger partial charge in [0.2, 0.25) is 5.95 Å². The van der Waals surface area contributed by atoms with E-state index in [1.807, 2.05) is 31.2 Å². The number of halogens is 1. The summed E-state index contributed by atoms with van der Waals surface area (Å²) in [5.41, 5.74) is 1.50. The molecule has 30 heavy (non-hydrogen) atoms. The summed E-state index contributed by atoms with van der Waals surface area (Å²) in [7, 11) is -3.97. The number of sulfonamides is 1. The van der Waals surface area contributed by atoms with Crippen LogP contribution in [0.5, 0.6) is 0 Å². The van der Waals surface area contributed by atoms with Crippen LogP contribution in [0.2, 0.25) is 5.02 Å². The molecular weight excluding hydrogens is 450 g/mol. The maximum atomic E-state index is 12.8. The summed E-state index contributed by atoms with van der Waals surface area (Å²) in [5, 5.41) is 9.30. The third-order valence-electron chi connectivity index (χ3n) is 4.28. The van der Waals surface area contributed by atoms with E-state index >= 15 is 0 Å². The van der Waals surface area contributed by atoms with Crippen molar-refractivity contribution in [2.75, 3.05) is 4.72 Å². The third-order valence-corrected chi connectivity index (χ3v) is 6.99. The Morgan fingerprint density at radius 2 is 2.03 bits per heavy atom. The number of fused-ring (bicyclic) bond motifs is 1. The second-order valence-electron chi connectivity index (χ2n) is 6.21. The number of aromatic nitrogens is 4. The number of hydrogen-bond acceptors (Lipinski definition) is 7. The summed E-state index contributed by atoms with van der Waals surface area (Å²) in [4.78, 5) is 13.7. The Hall–Kier alpha value is -2.76. The van der Waals surface area contributed by atoms with Crippen LogP contribution in [0.1, 0.15) is 12.5 Å². The van der Waals surface area contributed by atoms with Crippen LogP contribution in [-0.4, -0.2) is 28.2 Å². The molecule has 0 radical (unpaired) electrons. The highest BCUT2D eigenvalue weighted by atomic mass is 35.5. The van der Waals surface area contributed by atoms with E-state index in [1.165, 1.54) is 30.0 Å². The molecule has 0 aliphatic heterocycles. The SMILES string of the molecule is CCn1c(NS(=O)(=O)c2ccc3[nH]c(=O)oc3c2)nnc1SCc1ccccc1Cl. The number of nitrogens with zero attached hydrogens (tertiary/aromatic N) is 3. The highest BCUT2D eigenvalue weighted by Gasteiger charge is 2.21. The predicted molar refractivity (Wildman–Crippen MR) is 114 cm³/mol. The van der Waals surface area contributed by atoms with Crippen molar-refractivity contribution in [2.45, 2.75) is 29.3 Å². The van der Waals surface area contributed by atoms with Gasteiger partial charge in [-0.25, -0.2) is 17.9 Å². The molecule has 4 aromatic rings. The van der Waals surface area contributed by atoms with Crippen LogP contribution in [0.4, 0.5) is 5.95 Å². The topological polar surface area (TPSA) is 123 Å². The standard InChI is InChI=1S/C18H16ClN5O4S2/c1-2-24-16(21-22-17(24)29-10-11-5-3-4-6-13(11)19)23-30(26,27)12-7-8-14-15(9-12)28-18(25)20-14/h3-9H,2,10H2,1H3,(H,20,25)(H,21,23). The number of thioether (sulfide) groups is 1. The minimum atomic E-state index is -3.97. The number of benzene rings is 2. The van der Waals surface area contributed by atoms with Crippen LogP contribution in [-0.2, 0) is 22.3 Å². The highest BCUT2D eigenvalue weighted by Crippen LogP contribution is 2.28. The first-order chi connectivity index (χ1) is 14.4. The molecule has 2 N–H and O–H groups in total. The molecule has 0 amide bonds. The van der Waals surface area contributed by atoms with E-state index in [0.29, 0.717) is 28.0 Å². The van der Waals surface area contributed by atoms with Crippen molar-refractivity contribution in [3.8, 4) is 0 Å². The van der Waals surface area contributed by atoms with Crippen molar-refractivity contribution in [3.63, 3.8) is 0 Å². The van der Waals surface area contributed by atoms with Gasteiger partial charge in [0.1, 0.15) is 0 Å². The first-order valence-corrected chi connectivity index (χ1v) is 11.7. The lowest BCUT2D eigenvalue weighted by molar-refractivity contribution is 0.554. The molecule has 0 aliphatic carbocycles. The Morgan fingerprint density at radius 3 is 2.80 bits per heavy atom. The van der Waals surface area contributed by atoms with Crippen molar-refractivity contribution in [2.24, 2.45) is 0 Å². The van der Waals surface area contributed by atoms with Crippen molar-refractivity contribution in [3.05, 3.63) is 63.6 Å². The monoisotopic (exact) mass is 465 g/mol. The average Bonchev–Trinajstić information content (AvgIpc) is 3.27. The van der Waals surface area contributed by atoms with Gasteiger partial charge < -0.3 is 4.42 Å². The fourth-order valence-electron chi connectivity index (χ4n) is 2.79. The molecule has 156 valence electrons. The largest absolute Gasteiger partial charge is 0.417 e. The normalized spacial score (nSPS) is 11.8. The Balaban J connectivity index is 1.57. The molecule has 0 spiro atoms. The Morgan fingerprint density at radius 1 is 1.23 bits per heavy atom. The summed E-state index contributed by atoms with van der Waals surface area (Å²) in [6, 6.07) is 11.6. The van der Waals surface area contributed by atoms with E-state index < -0.39 is 15.8 Å². The first kappa shape index (κ1) is 20.5. The van der Waals surface area contributed by atoms with Gasteiger partial charge in [-0.1, -0.05) is 41.6 Å². The van der Waals surface area contributed by atoms with Gasteiger partial charge >= 0.3 is 5.76 Å². The Labute approximate surface area is 180 Å². The van der Waals surface area contributed by atoms with Gasteiger partial charge in [-0.15, -0.1) is 10.2 Å². The van der Waals surface area contributed by atoms with Gasteiger partial charge in [0.05, 0.1) is 10.4 Å². The minimum absolute atomic E-state index is 0.0614. The molecule has 0 fully saturated rings. The van der Waals surface area contributed by atoms with Crippen molar-refractivity contribution in [1.82, 2.24) is 19.7 Å². The van der Waals surface area contributed by atoms with Crippen molar-refractivity contribution >= 4 is 50.4 Å². The van der Waals surface area contributed by atoms with Crippen molar-refractivity contribution in [1.29, 1.82) is 0 Å². The van der Waals surface area contributed by atoms with Crippen LogP contribution >= 0.6 is 23.4 Å². The second-order valence-corrected chi connectivity index (χ2v) is 9.24. The molecule has 2 aromatic heterocycles. The van der Waals surface area contributed by atoms with Gasteiger partial charge in [-0.05, 0) is 30.7 Å². The van der Waals surface area contributed by atoms with Gasteiger partial charge in [0.25, 0.3) is 10.0 Å². The molecule has 2 heterocycles. The molecule has 0 saturated carbocycles. The average molecular weight is 466 g/mol. The number of oxazole rings is 1. The lowest BCUT2D eigenvalue weighted by Crippen LogP contribution is -2.16. The van der Waals surface area contributed by atoms with Crippen LogP contribution in [0.3, 0.4) is 0 Å². The van der Waals surface area contributed by atoms with Crippen LogP contribution in [0.25, 0.3) is 11.1 Å². The number of hydrogen-bond donors (Lipinski definition) is 2. The fraction of sp³-hybridized carbons (Fsp3) is 0.167. The molecule has 0 aliphatic rings. The predicted octanol–water partition coefficient (Wildman–Crippen LogP) is 3.48. The summed E-state index contributed by atoms with van der Waals surface area (Å²) in [6.07, 6.45) is 0. The zero-order chi connectivity index (χ0) is 21.3. The highest BCUT2D eigenvalue weighted by molar-refractivity contribution is 7.98. The zero-order valence-electron chi connectivity index (χ0n) is 15.6. The molecule has 0 unspecified atom stereocenters. The minimum Gasteiger partial charge on any atom is -0.408 e. The smallest absolute Gasteiger partial charge is 0.408 e. The number of aromatic amines is 1. The zero-order valence-corrected chi connectivity index (χ0v) is 18.0. The van der Waals surface area contributed by atoms with E-state index in [1.54, 1.807) is 4.57 Å². The summed E-state index contributed by atoms with van der Waals surface area (Å²) < 4.78 is 34.7. The quantitative estimate of drug-likeness (QED) is 0.400. The van der Waals surface area contributed by atoms with Crippen LogP contribution < -0.4 is 10.5 Å². The Bertz CT molecular complexity index is 1380. The lowest BCUT2D eigenvalue weighted by Gasteiger charge is -2.10. The summed E-state index contributed by atoms with van der Waals surface area (Å²) >= 11 is 7.59. The first-order valence-electron chi connectivity index (χ1n) is 8.82. The number of H-pyrrole nitrogens is 1. The van der Waals surface area contributed by atoms with E-state index in [2.05, 4.69) is 19.9 Å². The van der Waals surface area contributed by atoms with Gasteiger partial charge in [0.15, 0.2) is 10.7 Å². The van der Waals surface area contributed by atoms with Crippen LogP contribution in [0, 0.1) is 0 Å². The number of anilines is 1. The van der Waals surface area contributed by atoms with Crippen LogP contribution in [0.15, 0.2) is 61.7 Å². The van der Waals surface area contributed by atoms with E-state index in [9.17, 15) is 13.2 Å². The molecule has 12 heteroatoms. The van der Waals surface area contributed by atoms with E-state index in [-0.39, 0.29) is 16.4 Å². The summed E-state index contributed by atoms with van der Waals surface area (Å²) in [6.45, 7) is 2.32.